The van der Waals surface area contributed by atoms with E-state index in [1.54, 1.807) is 6.92 Å². The van der Waals surface area contributed by atoms with Gasteiger partial charge in [0.15, 0.2) is 17.3 Å². The van der Waals surface area contributed by atoms with Crippen LogP contribution in [-0.2, 0) is 9.59 Å². The molecule has 3 heterocycles. The van der Waals surface area contributed by atoms with Crippen molar-refractivity contribution in [1.82, 2.24) is 10.3 Å². The van der Waals surface area contributed by atoms with Crippen LogP contribution in [0.3, 0.4) is 0 Å². The van der Waals surface area contributed by atoms with Gasteiger partial charge in [-0.25, -0.2) is 4.79 Å². The largest absolute Gasteiger partial charge is 0.478 e. The Kier molecular flexibility index (Phi) is 4.33. The highest BCUT2D eigenvalue weighted by Gasteiger charge is 2.41. The molecule has 6 rings (SSSR count). The summed E-state index contributed by atoms with van der Waals surface area (Å²) in [5.41, 5.74) is 4.86. The Hall–Kier alpha value is -4.00. The summed E-state index contributed by atoms with van der Waals surface area (Å²) in [4.78, 5) is 29.0. The third-order valence-corrected chi connectivity index (χ3v) is 6.84. The van der Waals surface area contributed by atoms with Crippen molar-refractivity contribution in [2.24, 2.45) is 0 Å². The normalized spacial score (nSPS) is 21.9. The van der Waals surface area contributed by atoms with Crippen molar-refractivity contribution in [2.75, 3.05) is 6.79 Å². The number of carbonyl (C=O) groups is 2. The van der Waals surface area contributed by atoms with Crippen LogP contribution in [0.25, 0.3) is 10.9 Å². The van der Waals surface area contributed by atoms with Crippen molar-refractivity contribution in [3.8, 4) is 11.5 Å². The number of carboxylic acid groups (broad SMARTS) is 1. The van der Waals surface area contributed by atoms with Crippen LogP contribution < -0.4 is 14.8 Å². The number of aliphatic carboxylic acids is 1. The van der Waals surface area contributed by atoms with Gasteiger partial charge in [-0.2, -0.15) is 0 Å². The molecule has 1 aliphatic carbocycles. The highest BCUT2D eigenvalue weighted by molar-refractivity contribution is 6.04. The lowest BCUT2D eigenvalue weighted by Gasteiger charge is -2.36. The van der Waals surface area contributed by atoms with E-state index in [1.165, 1.54) is 0 Å². The third kappa shape index (κ3) is 3.11. The van der Waals surface area contributed by atoms with Gasteiger partial charge in [-0.3, -0.25) is 4.79 Å². The molecule has 0 amide bonds. The summed E-state index contributed by atoms with van der Waals surface area (Å²) in [6.07, 6.45) is 2.78. The number of carbonyl (C=O) groups excluding carboxylic acids is 1. The Morgan fingerprint density at radius 1 is 1.03 bits per heavy atom. The lowest BCUT2D eigenvalue weighted by Crippen LogP contribution is -2.35. The number of fused-ring (bicyclic) bond motifs is 2. The molecular formula is C26H22N2O5. The van der Waals surface area contributed by atoms with Crippen LogP contribution in [0.2, 0.25) is 0 Å². The molecule has 2 atom stereocenters. The first-order valence-corrected chi connectivity index (χ1v) is 10.9. The molecule has 0 radical (unpaired) electrons. The van der Waals surface area contributed by atoms with Crippen LogP contribution in [-0.4, -0.2) is 28.6 Å². The maximum Gasteiger partial charge on any atom is 0.334 e. The van der Waals surface area contributed by atoms with Gasteiger partial charge >= 0.3 is 5.97 Å². The summed E-state index contributed by atoms with van der Waals surface area (Å²) in [5, 5.41) is 14.3. The molecule has 1 aromatic heterocycles. The standard InChI is InChI=1S/C26H22N2O5/c1-13-23(26(30)31)24(16-3-2-14-6-7-27-18(14)8-16)25-19(28-13)9-17(10-20(25)29)15-4-5-21-22(11-15)33-12-32-21/h2-8,11,17,24,27-28H,9-10,12H2,1H3,(H,30,31). The number of Topliss-reactive ketones (excluding diaryl/α,β-unsaturated/α-hetero) is 1. The summed E-state index contributed by atoms with van der Waals surface area (Å²) in [6, 6.07) is 13.6. The van der Waals surface area contributed by atoms with E-state index in [0.29, 0.717) is 35.6 Å². The first-order valence-electron chi connectivity index (χ1n) is 10.9. The quantitative estimate of drug-likeness (QED) is 0.558. The average Bonchev–Trinajstić information content (AvgIpc) is 3.45. The van der Waals surface area contributed by atoms with Gasteiger partial charge in [0.2, 0.25) is 6.79 Å². The lowest BCUT2D eigenvalue weighted by molar-refractivity contribution is -0.133. The fourth-order valence-corrected chi connectivity index (χ4v) is 5.30. The minimum Gasteiger partial charge on any atom is -0.478 e. The number of dihydropyridines is 1. The van der Waals surface area contributed by atoms with Gasteiger partial charge in [0.25, 0.3) is 0 Å². The second kappa shape index (κ2) is 7.27. The predicted octanol–water partition coefficient (Wildman–Crippen LogP) is 4.34. The first kappa shape index (κ1) is 19.7. The van der Waals surface area contributed by atoms with Crippen LogP contribution in [0.15, 0.2) is 71.2 Å². The first-order chi connectivity index (χ1) is 16.0. The third-order valence-electron chi connectivity index (χ3n) is 6.84. The van der Waals surface area contributed by atoms with Gasteiger partial charge < -0.3 is 24.9 Å². The van der Waals surface area contributed by atoms with E-state index in [4.69, 9.17) is 9.47 Å². The fraction of sp³-hybridized carbons (Fsp3) is 0.231. The molecule has 0 fully saturated rings. The van der Waals surface area contributed by atoms with Gasteiger partial charge in [0, 0.05) is 41.0 Å². The fourth-order valence-electron chi connectivity index (χ4n) is 5.30. The SMILES string of the molecule is CC1=C(C(=O)O)C(c2ccc3cc[nH]c3c2)C2=C(CC(c3ccc4c(c3)OCO4)CC2=O)N1. The Morgan fingerprint density at radius 3 is 2.70 bits per heavy atom. The van der Waals surface area contributed by atoms with Crippen molar-refractivity contribution in [3.05, 3.63) is 82.3 Å². The lowest BCUT2D eigenvalue weighted by atomic mass is 9.71. The molecule has 3 aliphatic rings. The molecule has 0 bridgehead atoms. The Bertz CT molecular complexity index is 1400. The van der Waals surface area contributed by atoms with E-state index in [-0.39, 0.29) is 24.1 Å². The van der Waals surface area contributed by atoms with Gasteiger partial charge in [-0.15, -0.1) is 0 Å². The molecule has 2 aromatic carbocycles. The topological polar surface area (TPSA) is 101 Å². The zero-order chi connectivity index (χ0) is 22.7. The van der Waals surface area contributed by atoms with Gasteiger partial charge in [-0.1, -0.05) is 18.2 Å². The van der Waals surface area contributed by atoms with Crippen molar-refractivity contribution in [2.45, 2.75) is 31.6 Å². The highest BCUT2D eigenvalue weighted by atomic mass is 16.7. The van der Waals surface area contributed by atoms with Crippen LogP contribution in [0, 0.1) is 0 Å². The highest BCUT2D eigenvalue weighted by Crippen LogP contribution is 2.46. The summed E-state index contributed by atoms with van der Waals surface area (Å²) >= 11 is 0. The van der Waals surface area contributed by atoms with Gasteiger partial charge in [0.05, 0.1) is 5.57 Å². The molecular weight excluding hydrogens is 420 g/mol. The smallest absolute Gasteiger partial charge is 0.334 e. The van der Waals surface area contributed by atoms with E-state index < -0.39 is 11.9 Å². The van der Waals surface area contributed by atoms with Crippen LogP contribution in [0.1, 0.15) is 42.7 Å². The molecule has 2 unspecified atom stereocenters. The van der Waals surface area contributed by atoms with E-state index in [9.17, 15) is 14.7 Å². The second-order valence-electron chi connectivity index (χ2n) is 8.76. The van der Waals surface area contributed by atoms with Crippen molar-refractivity contribution < 1.29 is 24.2 Å². The number of hydrogen-bond acceptors (Lipinski definition) is 5. The van der Waals surface area contributed by atoms with E-state index in [1.807, 2.05) is 48.7 Å². The number of benzene rings is 2. The van der Waals surface area contributed by atoms with E-state index in [0.717, 1.165) is 27.7 Å². The number of rotatable bonds is 3. The molecule has 7 heteroatoms. The Morgan fingerprint density at radius 2 is 1.85 bits per heavy atom. The molecule has 0 spiro atoms. The number of nitrogens with one attached hydrogen (secondary N) is 2. The van der Waals surface area contributed by atoms with Crippen LogP contribution >= 0.6 is 0 Å². The van der Waals surface area contributed by atoms with Gasteiger partial charge in [-0.05, 0) is 60.0 Å². The Balaban J connectivity index is 1.43. The van der Waals surface area contributed by atoms with E-state index >= 15 is 0 Å². The van der Waals surface area contributed by atoms with Crippen molar-refractivity contribution in [3.63, 3.8) is 0 Å². The summed E-state index contributed by atoms with van der Waals surface area (Å²) < 4.78 is 10.9. The van der Waals surface area contributed by atoms with Gasteiger partial charge in [0.1, 0.15) is 0 Å². The van der Waals surface area contributed by atoms with Crippen LogP contribution in [0.5, 0.6) is 11.5 Å². The summed E-state index contributed by atoms with van der Waals surface area (Å²) in [7, 11) is 0. The molecule has 166 valence electrons. The molecule has 3 N–H and O–H groups in total. The molecule has 0 saturated carbocycles. The Labute approximate surface area is 189 Å². The van der Waals surface area contributed by atoms with Crippen molar-refractivity contribution >= 4 is 22.7 Å². The summed E-state index contributed by atoms with van der Waals surface area (Å²) in [6.45, 7) is 1.97. The minimum atomic E-state index is -1.02. The molecule has 33 heavy (non-hydrogen) atoms. The number of aromatic amines is 1. The number of aromatic nitrogens is 1. The average molecular weight is 442 g/mol. The van der Waals surface area contributed by atoms with Crippen LogP contribution in [0.4, 0.5) is 0 Å². The molecule has 3 aromatic rings. The zero-order valence-corrected chi connectivity index (χ0v) is 18.0. The second-order valence-corrected chi connectivity index (χ2v) is 8.76. The predicted molar refractivity (Wildman–Crippen MR) is 121 cm³/mol. The molecule has 0 saturated heterocycles. The number of hydrogen-bond donors (Lipinski definition) is 3. The maximum absolute atomic E-state index is 13.5. The number of H-pyrrole nitrogens is 1. The maximum atomic E-state index is 13.5. The number of ether oxygens (including phenoxy) is 2. The monoisotopic (exact) mass is 442 g/mol. The number of allylic oxidation sites excluding steroid dienone is 3. The number of ketones is 1. The number of carboxylic acids is 1. The van der Waals surface area contributed by atoms with Crippen molar-refractivity contribution in [1.29, 1.82) is 0 Å². The molecule has 7 nitrogen and oxygen atoms in total. The minimum absolute atomic E-state index is 0.0241. The van der Waals surface area contributed by atoms with E-state index in [2.05, 4.69) is 10.3 Å². The zero-order valence-electron chi connectivity index (χ0n) is 18.0. The molecule has 2 aliphatic heterocycles. The summed E-state index contributed by atoms with van der Waals surface area (Å²) in [5.74, 6) is -0.289.